The predicted octanol–water partition coefficient (Wildman–Crippen LogP) is 4.63. The molecule has 3 aromatic rings. The molecule has 1 amide bonds. The molecule has 7 nitrogen and oxygen atoms in total. The topological polar surface area (TPSA) is 113 Å². The molecule has 0 saturated carbocycles. The third kappa shape index (κ3) is 4.62. The molecule has 166 valence electrons. The molecule has 0 spiro atoms. The minimum atomic E-state index is -1.17. The van der Waals surface area contributed by atoms with Crippen LogP contribution in [-0.4, -0.2) is 41.4 Å². The monoisotopic (exact) mass is 443 g/mol. The first kappa shape index (κ1) is 21.8. The first-order valence-corrected chi connectivity index (χ1v) is 10.3. The van der Waals surface area contributed by atoms with Crippen molar-refractivity contribution in [2.45, 2.75) is 5.92 Å². The summed E-state index contributed by atoms with van der Waals surface area (Å²) in [6, 6.07) is 19.8. The van der Waals surface area contributed by atoms with Gasteiger partial charge in [0.2, 0.25) is 0 Å². The van der Waals surface area contributed by atoms with Crippen LogP contribution in [0.3, 0.4) is 0 Å². The molecule has 1 aliphatic carbocycles. The zero-order valence-corrected chi connectivity index (χ0v) is 17.5. The van der Waals surface area contributed by atoms with E-state index in [9.17, 15) is 19.5 Å². The van der Waals surface area contributed by atoms with Crippen LogP contribution in [0.2, 0.25) is 0 Å². The summed E-state index contributed by atoms with van der Waals surface area (Å²) in [5.74, 6) is -2.37. The van der Waals surface area contributed by atoms with Crippen LogP contribution >= 0.6 is 0 Å². The first-order valence-electron chi connectivity index (χ1n) is 10.3. The highest BCUT2D eigenvalue weighted by Crippen LogP contribution is 2.44. The van der Waals surface area contributed by atoms with Crippen molar-refractivity contribution < 1.29 is 29.3 Å². The Balaban J connectivity index is 1.37. The molecule has 7 heteroatoms. The van der Waals surface area contributed by atoms with Crippen molar-refractivity contribution >= 4 is 24.1 Å². The van der Waals surface area contributed by atoms with Gasteiger partial charge < -0.3 is 20.3 Å². The summed E-state index contributed by atoms with van der Waals surface area (Å²) in [6.45, 7) is 0.278. The molecule has 0 aromatic heterocycles. The van der Waals surface area contributed by atoms with Crippen molar-refractivity contribution in [1.82, 2.24) is 5.32 Å². The van der Waals surface area contributed by atoms with E-state index >= 15 is 0 Å². The standard InChI is InChI=1S/C26H21NO6/c28-24(29)17-11-12-18(25(30)31)16(14-17)6-5-13-27-26(32)33-15-23-21-9-3-1-7-19(21)20-8-2-4-10-22(20)23/h1-12,14,23H,13,15H2,(H,27,32)(H,28,29)(H,30,31). The molecule has 0 aliphatic heterocycles. The molecular weight excluding hydrogens is 422 g/mol. The van der Waals surface area contributed by atoms with Gasteiger partial charge in [0.1, 0.15) is 6.61 Å². The van der Waals surface area contributed by atoms with Crippen molar-refractivity contribution in [1.29, 1.82) is 0 Å². The molecule has 1 aliphatic rings. The molecular formula is C26H21NO6. The maximum atomic E-state index is 12.2. The number of alkyl carbamates (subject to hydrolysis) is 1. The van der Waals surface area contributed by atoms with Crippen LogP contribution in [0, 0.1) is 0 Å². The summed E-state index contributed by atoms with van der Waals surface area (Å²) < 4.78 is 5.45. The maximum absolute atomic E-state index is 12.2. The number of aromatic carboxylic acids is 2. The van der Waals surface area contributed by atoms with E-state index in [-0.39, 0.29) is 35.8 Å². The van der Waals surface area contributed by atoms with E-state index < -0.39 is 18.0 Å². The zero-order valence-electron chi connectivity index (χ0n) is 17.5. The third-order valence-corrected chi connectivity index (χ3v) is 5.53. The third-order valence-electron chi connectivity index (χ3n) is 5.53. The summed E-state index contributed by atoms with van der Waals surface area (Å²) in [5.41, 5.74) is 4.70. The van der Waals surface area contributed by atoms with Gasteiger partial charge in [0.25, 0.3) is 0 Å². The number of hydrogen-bond donors (Lipinski definition) is 3. The number of carboxylic acid groups (broad SMARTS) is 2. The lowest BCUT2D eigenvalue weighted by atomic mass is 9.98. The molecule has 0 fully saturated rings. The highest BCUT2D eigenvalue weighted by atomic mass is 16.5. The average molecular weight is 443 g/mol. The number of fused-ring (bicyclic) bond motifs is 3. The highest BCUT2D eigenvalue weighted by Gasteiger charge is 2.28. The van der Waals surface area contributed by atoms with Crippen LogP contribution in [0.15, 0.2) is 72.8 Å². The number of hydrogen-bond acceptors (Lipinski definition) is 4. The lowest BCUT2D eigenvalue weighted by Gasteiger charge is -2.14. The zero-order chi connectivity index (χ0) is 23.4. The van der Waals surface area contributed by atoms with E-state index in [1.165, 1.54) is 30.4 Å². The highest BCUT2D eigenvalue weighted by molar-refractivity contribution is 5.95. The van der Waals surface area contributed by atoms with Crippen molar-refractivity contribution in [2.75, 3.05) is 13.2 Å². The van der Waals surface area contributed by atoms with Crippen LogP contribution in [0.5, 0.6) is 0 Å². The summed E-state index contributed by atoms with van der Waals surface area (Å²) >= 11 is 0. The van der Waals surface area contributed by atoms with Crippen LogP contribution in [-0.2, 0) is 4.74 Å². The fraction of sp³-hybridized carbons (Fsp3) is 0.115. The number of carbonyl (C=O) groups excluding carboxylic acids is 1. The number of amides is 1. The lowest BCUT2D eigenvalue weighted by Crippen LogP contribution is -2.26. The molecule has 0 heterocycles. The molecule has 0 radical (unpaired) electrons. The van der Waals surface area contributed by atoms with Gasteiger partial charge in [-0.15, -0.1) is 0 Å². The van der Waals surface area contributed by atoms with E-state index in [1.54, 1.807) is 0 Å². The van der Waals surface area contributed by atoms with Crippen molar-refractivity contribution in [2.24, 2.45) is 0 Å². The van der Waals surface area contributed by atoms with Crippen LogP contribution < -0.4 is 5.32 Å². The number of ether oxygens (including phenoxy) is 1. The second-order valence-electron chi connectivity index (χ2n) is 7.52. The van der Waals surface area contributed by atoms with E-state index in [1.807, 2.05) is 36.4 Å². The van der Waals surface area contributed by atoms with Crippen molar-refractivity contribution in [3.05, 3.63) is 101 Å². The van der Waals surface area contributed by atoms with E-state index in [0.29, 0.717) is 0 Å². The maximum Gasteiger partial charge on any atom is 0.407 e. The lowest BCUT2D eigenvalue weighted by molar-refractivity contribution is 0.0681. The quantitative estimate of drug-likeness (QED) is 0.491. The van der Waals surface area contributed by atoms with Crippen molar-refractivity contribution in [3.63, 3.8) is 0 Å². The normalized spacial score (nSPS) is 12.2. The SMILES string of the molecule is O=C(NCC=Cc1cc(C(=O)O)ccc1C(=O)O)OCC1c2ccccc2-c2ccccc21. The van der Waals surface area contributed by atoms with Gasteiger partial charge in [-0.1, -0.05) is 60.7 Å². The Kier molecular flexibility index (Phi) is 6.22. The van der Waals surface area contributed by atoms with Crippen LogP contribution in [0.4, 0.5) is 4.79 Å². The summed E-state index contributed by atoms with van der Waals surface area (Å²) in [6.07, 6.45) is 2.40. The Labute approximate surface area is 190 Å². The molecule has 0 saturated heterocycles. The molecule has 4 rings (SSSR count). The van der Waals surface area contributed by atoms with Gasteiger partial charge in [0.05, 0.1) is 11.1 Å². The van der Waals surface area contributed by atoms with Crippen LogP contribution in [0.25, 0.3) is 17.2 Å². The summed E-state index contributed by atoms with van der Waals surface area (Å²) in [7, 11) is 0. The molecule has 0 unspecified atom stereocenters. The average Bonchev–Trinajstić information content (AvgIpc) is 3.14. The van der Waals surface area contributed by atoms with Gasteiger partial charge in [-0.2, -0.15) is 0 Å². The Morgan fingerprint density at radius 1 is 0.879 bits per heavy atom. The van der Waals surface area contributed by atoms with E-state index in [4.69, 9.17) is 9.84 Å². The Bertz CT molecular complexity index is 1220. The number of benzene rings is 3. The molecule has 3 N–H and O–H groups in total. The van der Waals surface area contributed by atoms with Gasteiger partial charge in [-0.3, -0.25) is 0 Å². The minimum absolute atomic E-state index is 0.0239. The molecule has 0 bridgehead atoms. The Hall–Kier alpha value is -4.39. The van der Waals surface area contributed by atoms with Gasteiger partial charge in [-0.05, 0) is 46.0 Å². The Morgan fingerprint density at radius 3 is 2.12 bits per heavy atom. The second kappa shape index (κ2) is 9.40. The summed E-state index contributed by atoms with van der Waals surface area (Å²) in [4.78, 5) is 34.7. The first-order chi connectivity index (χ1) is 16.0. The fourth-order valence-electron chi connectivity index (χ4n) is 4.01. The number of nitrogens with one attached hydrogen (secondary N) is 1. The minimum Gasteiger partial charge on any atom is -0.478 e. The number of rotatable bonds is 7. The van der Waals surface area contributed by atoms with Gasteiger partial charge in [-0.25, -0.2) is 14.4 Å². The largest absolute Gasteiger partial charge is 0.478 e. The van der Waals surface area contributed by atoms with E-state index in [2.05, 4.69) is 17.4 Å². The number of carbonyl (C=O) groups is 3. The second-order valence-corrected chi connectivity index (χ2v) is 7.52. The summed E-state index contributed by atoms with van der Waals surface area (Å²) in [5, 5.41) is 21.0. The van der Waals surface area contributed by atoms with Crippen LogP contribution in [0.1, 0.15) is 43.3 Å². The predicted molar refractivity (Wildman–Crippen MR) is 122 cm³/mol. The smallest absolute Gasteiger partial charge is 0.407 e. The molecule has 33 heavy (non-hydrogen) atoms. The van der Waals surface area contributed by atoms with Gasteiger partial charge in [0, 0.05) is 12.5 Å². The van der Waals surface area contributed by atoms with Gasteiger partial charge >= 0.3 is 18.0 Å². The van der Waals surface area contributed by atoms with E-state index in [0.717, 1.165) is 22.3 Å². The number of carboxylic acids is 2. The Morgan fingerprint density at radius 2 is 1.52 bits per heavy atom. The molecule has 0 atom stereocenters. The van der Waals surface area contributed by atoms with Crippen molar-refractivity contribution in [3.8, 4) is 11.1 Å². The molecule has 3 aromatic carbocycles. The fourth-order valence-corrected chi connectivity index (χ4v) is 4.01. The van der Waals surface area contributed by atoms with Gasteiger partial charge in [0.15, 0.2) is 0 Å².